The van der Waals surface area contributed by atoms with Crippen LogP contribution < -0.4 is 0 Å². The van der Waals surface area contributed by atoms with Crippen LogP contribution in [0, 0.1) is 5.92 Å². The topological polar surface area (TPSA) is 74.7 Å². The minimum absolute atomic E-state index is 0.241. The van der Waals surface area contributed by atoms with Crippen LogP contribution in [0.4, 0.5) is 0 Å². The number of nitrogens with zero attached hydrogens (tertiary/aromatic N) is 1. The monoisotopic (exact) mass is 377 g/mol. The minimum Gasteiger partial charge on any atom is -0.481 e. The predicted octanol–water partition coefficient (Wildman–Crippen LogP) is 3.69. The van der Waals surface area contributed by atoms with E-state index in [2.05, 4.69) is 0 Å². The van der Waals surface area contributed by atoms with Gasteiger partial charge in [0, 0.05) is 18.2 Å². The normalized spacial score (nSPS) is 15.7. The summed E-state index contributed by atoms with van der Waals surface area (Å²) in [5.41, 5.74) is 3.14. The lowest BCUT2D eigenvalue weighted by Gasteiger charge is -2.28. The van der Waals surface area contributed by atoms with Crippen molar-refractivity contribution in [2.24, 2.45) is 5.92 Å². The molecule has 28 heavy (non-hydrogen) atoms. The van der Waals surface area contributed by atoms with Crippen molar-refractivity contribution in [3.63, 3.8) is 0 Å². The number of rotatable bonds is 8. The molecule has 2 atom stereocenters. The summed E-state index contributed by atoms with van der Waals surface area (Å²) >= 11 is 0. The van der Waals surface area contributed by atoms with Crippen LogP contribution in [0.25, 0.3) is 11.1 Å². The molecule has 0 saturated carbocycles. The van der Waals surface area contributed by atoms with E-state index in [4.69, 9.17) is 0 Å². The molecule has 1 aliphatic heterocycles. The van der Waals surface area contributed by atoms with Crippen LogP contribution >= 0.6 is 0 Å². The second-order valence-corrected chi connectivity index (χ2v) is 6.98. The zero-order valence-electron chi connectivity index (χ0n) is 15.7. The summed E-state index contributed by atoms with van der Waals surface area (Å²) in [6.45, 7) is 1.80. The molecule has 3 rings (SSSR count). The Bertz CT molecular complexity index is 869. The van der Waals surface area contributed by atoms with E-state index in [1.807, 2.05) is 54.6 Å². The van der Waals surface area contributed by atoms with Crippen molar-refractivity contribution in [2.75, 3.05) is 0 Å². The lowest BCUT2D eigenvalue weighted by molar-refractivity contribution is -0.146. The average Bonchev–Trinajstić information content (AvgIpc) is 3.04. The van der Waals surface area contributed by atoms with Crippen LogP contribution in [-0.2, 0) is 20.8 Å². The Morgan fingerprint density at radius 1 is 0.929 bits per heavy atom. The van der Waals surface area contributed by atoms with Crippen LogP contribution in [0.5, 0.6) is 0 Å². The Labute approximate surface area is 164 Å². The molecule has 2 amide bonds. The van der Waals surface area contributed by atoms with Gasteiger partial charge in [0.2, 0.25) is 0 Å². The summed E-state index contributed by atoms with van der Waals surface area (Å²) in [4.78, 5) is 37.0. The molecule has 1 unspecified atom stereocenters. The first-order valence-electron chi connectivity index (χ1n) is 9.42. The highest BCUT2D eigenvalue weighted by Crippen LogP contribution is 2.24. The number of carbonyl (C=O) groups excluding carboxylic acids is 2. The zero-order valence-corrected chi connectivity index (χ0v) is 15.7. The SMILES string of the molecule is CC[C@@H](CC(Cc1ccc(-c2ccccc2)cc1)N1C(=O)C=CC1=O)C(=O)O. The highest BCUT2D eigenvalue weighted by molar-refractivity contribution is 6.13. The molecule has 1 aliphatic rings. The van der Waals surface area contributed by atoms with Crippen LogP contribution in [0.2, 0.25) is 0 Å². The van der Waals surface area contributed by atoms with Gasteiger partial charge < -0.3 is 5.11 Å². The largest absolute Gasteiger partial charge is 0.481 e. The molecular weight excluding hydrogens is 354 g/mol. The van der Waals surface area contributed by atoms with Crippen molar-refractivity contribution >= 4 is 17.8 Å². The molecule has 0 aliphatic carbocycles. The molecule has 0 fully saturated rings. The highest BCUT2D eigenvalue weighted by Gasteiger charge is 2.34. The van der Waals surface area contributed by atoms with Gasteiger partial charge in [0.1, 0.15) is 0 Å². The van der Waals surface area contributed by atoms with Gasteiger partial charge in [0.15, 0.2) is 0 Å². The van der Waals surface area contributed by atoms with E-state index in [9.17, 15) is 19.5 Å². The molecule has 0 bridgehead atoms. The fourth-order valence-electron chi connectivity index (χ4n) is 3.56. The summed E-state index contributed by atoms with van der Waals surface area (Å²) in [5.74, 6) is -2.26. The van der Waals surface area contributed by atoms with Gasteiger partial charge in [0.25, 0.3) is 11.8 Å². The Hall–Kier alpha value is -3.21. The predicted molar refractivity (Wildman–Crippen MR) is 106 cm³/mol. The third-order valence-electron chi connectivity index (χ3n) is 5.14. The van der Waals surface area contributed by atoms with Gasteiger partial charge in [-0.25, -0.2) is 0 Å². The molecule has 1 heterocycles. The van der Waals surface area contributed by atoms with Gasteiger partial charge in [-0.05, 0) is 36.0 Å². The molecular formula is C23H23NO4. The number of amides is 2. The van der Waals surface area contributed by atoms with Crippen molar-refractivity contribution in [2.45, 2.75) is 32.2 Å². The number of benzene rings is 2. The molecule has 2 aromatic rings. The Morgan fingerprint density at radius 3 is 2.04 bits per heavy atom. The number of hydrogen-bond donors (Lipinski definition) is 1. The maximum atomic E-state index is 12.2. The molecule has 2 aromatic carbocycles. The van der Waals surface area contributed by atoms with Gasteiger partial charge in [-0.3, -0.25) is 19.3 Å². The zero-order chi connectivity index (χ0) is 20.1. The van der Waals surface area contributed by atoms with Crippen molar-refractivity contribution in [1.29, 1.82) is 0 Å². The fourth-order valence-corrected chi connectivity index (χ4v) is 3.56. The van der Waals surface area contributed by atoms with Crippen molar-refractivity contribution in [1.82, 2.24) is 4.90 Å². The first-order valence-corrected chi connectivity index (χ1v) is 9.42. The van der Waals surface area contributed by atoms with E-state index in [-0.39, 0.29) is 18.2 Å². The number of aliphatic carboxylic acids is 1. The van der Waals surface area contributed by atoms with Crippen molar-refractivity contribution < 1.29 is 19.5 Å². The van der Waals surface area contributed by atoms with Gasteiger partial charge in [-0.15, -0.1) is 0 Å². The fraction of sp³-hybridized carbons (Fsp3) is 0.261. The second kappa shape index (κ2) is 8.65. The van der Waals surface area contributed by atoms with Crippen molar-refractivity contribution in [3.05, 3.63) is 72.3 Å². The van der Waals surface area contributed by atoms with E-state index in [0.29, 0.717) is 12.8 Å². The van der Waals surface area contributed by atoms with E-state index in [1.54, 1.807) is 6.92 Å². The van der Waals surface area contributed by atoms with Crippen LogP contribution in [-0.4, -0.2) is 33.8 Å². The number of carboxylic acid groups (broad SMARTS) is 1. The number of imide groups is 1. The summed E-state index contributed by atoms with van der Waals surface area (Å²) in [6, 6.07) is 17.4. The van der Waals surface area contributed by atoms with Gasteiger partial charge in [-0.1, -0.05) is 61.5 Å². The maximum absolute atomic E-state index is 12.2. The summed E-state index contributed by atoms with van der Waals surface area (Å²) in [6.07, 6.45) is 3.61. The molecule has 1 N–H and O–H groups in total. The Morgan fingerprint density at radius 2 is 1.50 bits per heavy atom. The third kappa shape index (κ3) is 4.36. The Kier molecular flexibility index (Phi) is 6.04. The van der Waals surface area contributed by atoms with Gasteiger partial charge in [0.05, 0.1) is 5.92 Å². The lowest BCUT2D eigenvalue weighted by atomic mass is 9.91. The van der Waals surface area contributed by atoms with Crippen LogP contribution in [0.3, 0.4) is 0 Å². The van der Waals surface area contributed by atoms with E-state index < -0.39 is 17.9 Å². The summed E-state index contributed by atoms with van der Waals surface area (Å²) < 4.78 is 0. The third-order valence-corrected chi connectivity index (χ3v) is 5.14. The Balaban J connectivity index is 1.81. The molecule has 5 nitrogen and oxygen atoms in total. The molecule has 0 saturated heterocycles. The first kappa shape index (κ1) is 19.5. The van der Waals surface area contributed by atoms with Gasteiger partial charge >= 0.3 is 5.97 Å². The number of hydrogen-bond acceptors (Lipinski definition) is 3. The quantitative estimate of drug-likeness (QED) is 0.712. The first-order chi connectivity index (χ1) is 13.5. The minimum atomic E-state index is -0.904. The second-order valence-electron chi connectivity index (χ2n) is 6.98. The molecule has 5 heteroatoms. The number of carbonyl (C=O) groups is 3. The van der Waals surface area contributed by atoms with E-state index in [0.717, 1.165) is 16.7 Å². The summed E-state index contributed by atoms with van der Waals surface area (Å²) in [7, 11) is 0. The smallest absolute Gasteiger partial charge is 0.306 e. The van der Waals surface area contributed by atoms with Crippen LogP contribution in [0.1, 0.15) is 25.3 Å². The lowest BCUT2D eigenvalue weighted by Crippen LogP contribution is -2.43. The average molecular weight is 377 g/mol. The molecule has 0 aromatic heterocycles. The van der Waals surface area contributed by atoms with E-state index >= 15 is 0 Å². The molecule has 0 spiro atoms. The van der Waals surface area contributed by atoms with Gasteiger partial charge in [-0.2, -0.15) is 0 Å². The number of carboxylic acids is 1. The maximum Gasteiger partial charge on any atom is 0.306 e. The van der Waals surface area contributed by atoms with Crippen molar-refractivity contribution in [3.8, 4) is 11.1 Å². The standard InChI is InChI=1S/C23H23NO4/c1-2-17(23(27)28)15-20(24-21(25)12-13-22(24)26)14-16-8-10-19(11-9-16)18-6-4-3-5-7-18/h3-13,17,20H,2,14-15H2,1H3,(H,27,28)/t17-,20?/m0/s1. The van der Waals surface area contributed by atoms with E-state index in [1.165, 1.54) is 17.1 Å². The highest BCUT2D eigenvalue weighted by atomic mass is 16.4. The molecule has 0 radical (unpaired) electrons. The van der Waals surface area contributed by atoms with Crippen LogP contribution in [0.15, 0.2) is 66.7 Å². The summed E-state index contributed by atoms with van der Waals surface area (Å²) in [5, 5.41) is 9.42. The molecule has 144 valence electrons.